The molecule has 0 bridgehead atoms. The molecular formula is C21H20ClF3N4O3. The molecule has 0 fully saturated rings. The Morgan fingerprint density at radius 1 is 1.12 bits per heavy atom. The van der Waals surface area contributed by atoms with Crippen LogP contribution in [0.2, 0.25) is 5.02 Å². The van der Waals surface area contributed by atoms with E-state index in [0.717, 1.165) is 0 Å². The number of nitrogens with one attached hydrogen (secondary N) is 2. The lowest BCUT2D eigenvalue weighted by Crippen LogP contribution is -2.62. The smallest absolute Gasteiger partial charge is 0.419 e. The number of phenolic OH excluding ortho intramolecular Hbond substituents is 1. The molecule has 1 amide bonds. The lowest BCUT2D eigenvalue weighted by atomic mass is 9.63. The molecular weight excluding hydrogens is 449 g/mol. The SMILES string of the molecule is CC1(C)CC(O)(C(F)(F)F)C(NNC2N=NC(=O)c3ccccc32)c2ccc(Cl)c(O)c21. The van der Waals surface area contributed by atoms with Gasteiger partial charge >= 0.3 is 6.18 Å². The van der Waals surface area contributed by atoms with E-state index in [1.807, 2.05) is 0 Å². The summed E-state index contributed by atoms with van der Waals surface area (Å²) in [4.78, 5) is 11.9. The third-order valence-electron chi connectivity index (χ3n) is 5.94. The van der Waals surface area contributed by atoms with Crippen LogP contribution in [-0.2, 0) is 5.41 Å². The zero-order valence-electron chi connectivity index (χ0n) is 17.0. The van der Waals surface area contributed by atoms with E-state index >= 15 is 0 Å². The molecule has 3 unspecified atom stereocenters. The maximum Gasteiger partial charge on any atom is 0.419 e. The van der Waals surface area contributed by atoms with Crippen LogP contribution >= 0.6 is 11.6 Å². The highest BCUT2D eigenvalue weighted by molar-refractivity contribution is 6.32. The number of carbonyl (C=O) groups is 1. The number of aliphatic hydroxyl groups is 1. The average molecular weight is 469 g/mol. The quantitative estimate of drug-likeness (QED) is 0.498. The standard InChI is InChI=1S/C21H20ClF3N4O3/c1-19(2)9-20(32,21(23,24)25)16(12-7-8-13(22)15(30)14(12)19)26-27-17-10-5-3-4-6-11(10)18(31)29-28-17/h3-8,16-17,26-27,30,32H,9H2,1-2H3. The number of nitrogens with zero attached hydrogens (tertiary/aromatic N) is 2. The molecule has 2 aromatic rings. The Morgan fingerprint density at radius 3 is 2.50 bits per heavy atom. The van der Waals surface area contributed by atoms with E-state index in [-0.39, 0.29) is 27.5 Å². The predicted molar refractivity (Wildman–Crippen MR) is 109 cm³/mol. The van der Waals surface area contributed by atoms with Gasteiger partial charge in [0.2, 0.25) is 0 Å². The van der Waals surface area contributed by atoms with Gasteiger partial charge in [-0.3, -0.25) is 4.79 Å². The number of hydrogen-bond acceptors (Lipinski definition) is 6. The molecule has 0 spiro atoms. The van der Waals surface area contributed by atoms with Crippen LogP contribution in [0, 0.1) is 0 Å². The van der Waals surface area contributed by atoms with Gasteiger partial charge in [-0.25, -0.2) is 10.9 Å². The van der Waals surface area contributed by atoms with Crippen molar-refractivity contribution in [1.29, 1.82) is 0 Å². The van der Waals surface area contributed by atoms with Gasteiger partial charge in [0.05, 0.1) is 16.6 Å². The van der Waals surface area contributed by atoms with Crippen molar-refractivity contribution in [3.8, 4) is 5.75 Å². The zero-order chi connectivity index (χ0) is 23.5. The van der Waals surface area contributed by atoms with Crippen LogP contribution in [0.25, 0.3) is 0 Å². The van der Waals surface area contributed by atoms with Crippen molar-refractivity contribution in [3.63, 3.8) is 0 Å². The minimum absolute atomic E-state index is 0.00509. The van der Waals surface area contributed by atoms with Gasteiger partial charge < -0.3 is 10.2 Å². The number of rotatable bonds is 3. The molecule has 1 aliphatic heterocycles. The number of alkyl halides is 3. The van der Waals surface area contributed by atoms with Crippen LogP contribution < -0.4 is 10.9 Å². The molecule has 1 heterocycles. The molecule has 1 aliphatic carbocycles. The molecule has 7 nitrogen and oxygen atoms in total. The third kappa shape index (κ3) is 3.47. The zero-order valence-corrected chi connectivity index (χ0v) is 17.8. The molecule has 0 saturated heterocycles. The van der Waals surface area contributed by atoms with E-state index in [1.165, 1.54) is 32.0 Å². The second-order valence-electron chi connectivity index (χ2n) is 8.57. The van der Waals surface area contributed by atoms with Crippen molar-refractivity contribution >= 4 is 17.5 Å². The van der Waals surface area contributed by atoms with Crippen molar-refractivity contribution in [1.82, 2.24) is 10.9 Å². The number of carbonyl (C=O) groups excluding carboxylic acids is 1. The van der Waals surface area contributed by atoms with Crippen LogP contribution in [0.5, 0.6) is 5.75 Å². The Bertz CT molecular complexity index is 1120. The first kappa shape index (κ1) is 22.7. The van der Waals surface area contributed by atoms with Gasteiger partial charge in [0.25, 0.3) is 5.91 Å². The normalized spacial score (nSPS) is 26.5. The first-order chi connectivity index (χ1) is 14.9. The fourth-order valence-electron chi connectivity index (χ4n) is 4.54. The summed E-state index contributed by atoms with van der Waals surface area (Å²) in [6.45, 7) is 3.00. The van der Waals surface area contributed by atoms with Crippen molar-refractivity contribution in [2.45, 2.75) is 49.7 Å². The molecule has 32 heavy (non-hydrogen) atoms. The van der Waals surface area contributed by atoms with Crippen LogP contribution in [0.4, 0.5) is 13.2 Å². The Hall–Kier alpha value is -2.53. The van der Waals surface area contributed by atoms with Gasteiger partial charge in [-0.15, -0.1) is 5.11 Å². The first-order valence-electron chi connectivity index (χ1n) is 9.73. The van der Waals surface area contributed by atoms with Crippen LogP contribution in [0.1, 0.15) is 59.5 Å². The lowest BCUT2D eigenvalue weighted by Gasteiger charge is -2.49. The number of azo groups is 1. The topological polar surface area (TPSA) is 106 Å². The number of hydrazine groups is 1. The van der Waals surface area contributed by atoms with Gasteiger partial charge in [-0.05, 0) is 29.5 Å². The maximum absolute atomic E-state index is 14.2. The lowest BCUT2D eigenvalue weighted by molar-refractivity contribution is -0.282. The number of halogens is 4. The highest BCUT2D eigenvalue weighted by Gasteiger charge is 2.64. The average Bonchev–Trinajstić information content (AvgIpc) is 2.70. The first-order valence-corrected chi connectivity index (χ1v) is 10.1. The van der Waals surface area contributed by atoms with E-state index in [0.29, 0.717) is 5.56 Å². The van der Waals surface area contributed by atoms with Crippen LogP contribution in [0.15, 0.2) is 46.6 Å². The fraction of sp³-hybridized carbons (Fsp3) is 0.381. The van der Waals surface area contributed by atoms with Gasteiger partial charge in [-0.1, -0.05) is 49.7 Å². The van der Waals surface area contributed by atoms with E-state index in [9.17, 15) is 28.2 Å². The molecule has 170 valence electrons. The summed E-state index contributed by atoms with van der Waals surface area (Å²) in [6.07, 6.45) is -6.70. The van der Waals surface area contributed by atoms with Gasteiger partial charge in [-0.2, -0.15) is 18.3 Å². The summed E-state index contributed by atoms with van der Waals surface area (Å²) in [5, 5.41) is 28.8. The summed E-state index contributed by atoms with van der Waals surface area (Å²) in [6, 6.07) is 7.33. The second-order valence-corrected chi connectivity index (χ2v) is 8.98. The Kier molecular flexibility index (Phi) is 5.32. The van der Waals surface area contributed by atoms with Gasteiger partial charge in [0, 0.05) is 11.1 Å². The van der Waals surface area contributed by atoms with Crippen molar-refractivity contribution < 1.29 is 28.2 Å². The number of phenols is 1. The molecule has 2 aliphatic rings. The van der Waals surface area contributed by atoms with E-state index in [1.54, 1.807) is 18.2 Å². The van der Waals surface area contributed by atoms with Crippen LogP contribution in [0.3, 0.4) is 0 Å². The fourth-order valence-corrected chi connectivity index (χ4v) is 4.70. The summed E-state index contributed by atoms with van der Waals surface area (Å²) >= 11 is 6.02. The molecule has 0 aromatic heterocycles. The number of amides is 1. The van der Waals surface area contributed by atoms with Gasteiger partial charge in [0.15, 0.2) is 11.8 Å². The van der Waals surface area contributed by atoms with Crippen molar-refractivity contribution in [2.24, 2.45) is 10.2 Å². The summed E-state index contributed by atoms with van der Waals surface area (Å²) in [5.41, 5.74) is 1.71. The van der Waals surface area contributed by atoms with Gasteiger partial charge in [0.1, 0.15) is 5.75 Å². The summed E-state index contributed by atoms with van der Waals surface area (Å²) in [7, 11) is 0. The van der Waals surface area contributed by atoms with E-state index < -0.39 is 41.7 Å². The van der Waals surface area contributed by atoms with E-state index in [2.05, 4.69) is 21.1 Å². The molecule has 0 radical (unpaired) electrons. The number of hydrogen-bond donors (Lipinski definition) is 4. The van der Waals surface area contributed by atoms with Crippen molar-refractivity contribution in [3.05, 3.63) is 63.7 Å². The van der Waals surface area contributed by atoms with Crippen molar-refractivity contribution in [2.75, 3.05) is 0 Å². The number of aromatic hydroxyl groups is 1. The largest absolute Gasteiger partial charge is 0.506 e. The highest BCUT2D eigenvalue weighted by Crippen LogP contribution is 2.56. The monoisotopic (exact) mass is 468 g/mol. The van der Waals surface area contributed by atoms with E-state index in [4.69, 9.17) is 11.6 Å². The Labute approximate surface area is 186 Å². The Balaban J connectivity index is 1.77. The molecule has 4 N–H and O–H groups in total. The number of fused-ring (bicyclic) bond motifs is 2. The second kappa shape index (κ2) is 7.51. The summed E-state index contributed by atoms with van der Waals surface area (Å²) < 4.78 is 42.5. The highest BCUT2D eigenvalue weighted by atomic mass is 35.5. The Morgan fingerprint density at radius 2 is 1.81 bits per heavy atom. The molecule has 3 atom stereocenters. The predicted octanol–water partition coefficient (Wildman–Crippen LogP) is 4.46. The molecule has 4 rings (SSSR count). The molecule has 0 saturated carbocycles. The maximum atomic E-state index is 14.2. The molecule has 2 aromatic carbocycles. The minimum atomic E-state index is -5.00. The summed E-state index contributed by atoms with van der Waals surface area (Å²) in [5.74, 6) is -0.895. The number of benzene rings is 2. The third-order valence-corrected chi connectivity index (χ3v) is 6.25. The minimum Gasteiger partial charge on any atom is -0.506 e. The van der Waals surface area contributed by atoms with Crippen LogP contribution in [-0.4, -0.2) is 27.9 Å². The molecule has 11 heteroatoms.